The second kappa shape index (κ2) is 11.4. The van der Waals surface area contributed by atoms with Crippen molar-refractivity contribution in [1.82, 2.24) is 9.97 Å². The summed E-state index contributed by atoms with van der Waals surface area (Å²) in [6.45, 7) is 9.00. The number of aryl methyl sites for hydroxylation is 3. The zero-order valence-corrected chi connectivity index (χ0v) is 24.6. The molecule has 39 heavy (non-hydrogen) atoms. The van der Waals surface area contributed by atoms with Gasteiger partial charge in [0, 0.05) is 59.2 Å². The van der Waals surface area contributed by atoms with Gasteiger partial charge in [-0.3, -0.25) is 9.78 Å². The summed E-state index contributed by atoms with van der Waals surface area (Å²) in [7, 11) is 0. The average molecular weight is 696 g/mol. The number of ketones is 1. The molecule has 6 rings (SSSR count). The fourth-order valence-electron chi connectivity index (χ4n) is 4.63. The summed E-state index contributed by atoms with van der Waals surface area (Å²) < 4.78 is 12.4. The third-order valence-electron chi connectivity index (χ3n) is 6.23. The summed E-state index contributed by atoms with van der Waals surface area (Å²) in [5, 5.41) is 11.4. The van der Waals surface area contributed by atoms with Crippen LogP contribution in [0.5, 0.6) is 0 Å². The van der Waals surface area contributed by atoms with Crippen molar-refractivity contribution in [3.8, 4) is 22.6 Å². The molecule has 0 amide bonds. The average Bonchev–Trinajstić information content (AvgIpc) is 3.44. The van der Waals surface area contributed by atoms with Gasteiger partial charge in [0.15, 0.2) is 5.78 Å². The van der Waals surface area contributed by atoms with E-state index in [0.717, 1.165) is 61.1 Å². The van der Waals surface area contributed by atoms with Crippen LogP contribution in [0.15, 0.2) is 81.3 Å². The number of carbonyl (C=O) groups excluding carboxylic acids is 1. The molecule has 0 unspecified atom stereocenters. The van der Waals surface area contributed by atoms with E-state index < -0.39 is 0 Å². The van der Waals surface area contributed by atoms with Gasteiger partial charge in [0.1, 0.15) is 11.3 Å². The van der Waals surface area contributed by atoms with Gasteiger partial charge in [0.25, 0.3) is 0 Å². The van der Waals surface area contributed by atoms with Crippen LogP contribution in [0.4, 0.5) is 0 Å². The third-order valence-corrected chi connectivity index (χ3v) is 6.23. The monoisotopic (exact) mass is 696 g/mol. The van der Waals surface area contributed by atoms with Crippen LogP contribution in [0.2, 0.25) is 0 Å². The molecule has 6 aromatic rings. The van der Waals surface area contributed by atoms with Gasteiger partial charge >= 0.3 is 0 Å². The number of aromatic nitrogens is 2. The van der Waals surface area contributed by atoms with Crippen molar-refractivity contribution >= 4 is 39.0 Å². The molecule has 0 saturated heterocycles. The molecule has 0 bridgehead atoms. The van der Waals surface area contributed by atoms with Crippen molar-refractivity contribution in [2.45, 2.75) is 34.6 Å². The van der Waals surface area contributed by atoms with Crippen molar-refractivity contribution in [1.29, 1.82) is 0 Å². The third kappa shape index (κ3) is 5.70. The normalized spacial score (nSPS) is 11.4. The SMILES string of the molecule is CC(=O)/C=C(/C)O.Cc1ccc2c(n1)oc1c(C)c(-c3cc4ccc(-c5[c-]cccc5)nc4o3)c(C)cc12.[Ir]. The number of aliphatic hydroxyl groups is 1. The van der Waals surface area contributed by atoms with Crippen LogP contribution in [0.25, 0.3) is 55.7 Å². The van der Waals surface area contributed by atoms with Crippen LogP contribution in [0, 0.1) is 26.8 Å². The van der Waals surface area contributed by atoms with Gasteiger partial charge in [-0.2, -0.15) is 0 Å². The summed E-state index contributed by atoms with van der Waals surface area (Å²) >= 11 is 0. The number of nitrogens with zero attached hydrogens (tertiary/aromatic N) is 2. The van der Waals surface area contributed by atoms with Gasteiger partial charge in [-0.15, -0.1) is 35.9 Å². The van der Waals surface area contributed by atoms with Gasteiger partial charge < -0.3 is 13.9 Å². The van der Waals surface area contributed by atoms with Crippen LogP contribution in [0.3, 0.4) is 0 Å². The second-order valence-electron chi connectivity index (χ2n) is 9.35. The Kier molecular flexibility index (Phi) is 8.14. The Morgan fingerprint density at radius 3 is 2.38 bits per heavy atom. The first-order valence-corrected chi connectivity index (χ1v) is 12.3. The van der Waals surface area contributed by atoms with Gasteiger partial charge in [-0.25, -0.2) is 4.98 Å². The van der Waals surface area contributed by atoms with E-state index in [1.165, 1.54) is 19.9 Å². The summed E-state index contributed by atoms with van der Waals surface area (Å²) in [4.78, 5) is 19.3. The number of hydrogen-bond acceptors (Lipinski definition) is 6. The quantitative estimate of drug-likeness (QED) is 0.114. The van der Waals surface area contributed by atoms with Crippen molar-refractivity contribution in [3.63, 3.8) is 0 Å². The molecule has 0 atom stereocenters. The molecule has 199 valence electrons. The molecule has 6 nitrogen and oxygen atoms in total. The molecule has 7 heteroatoms. The van der Waals surface area contributed by atoms with E-state index in [1.54, 1.807) is 0 Å². The Morgan fingerprint density at radius 1 is 0.923 bits per heavy atom. The minimum atomic E-state index is -0.125. The van der Waals surface area contributed by atoms with E-state index in [-0.39, 0.29) is 31.6 Å². The maximum Gasteiger partial charge on any atom is 0.227 e. The van der Waals surface area contributed by atoms with Crippen LogP contribution in [0.1, 0.15) is 30.7 Å². The molecular formula is C32H27IrN2O4-. The summed E-state index contributed by atoms with van der Waals surface area (Å²) in [5.74, 6) is 0.727. The van der Waals surface area contributed by atoms with Gasteiger partial charge in [0.05, 0.1) is 5.76 Å². The van der Waals surface area contributed by atoms with E-state index >= 15 is 0 Å². The molecule has 0 saturated carbocycles. The van der Waals surface area contributed by atoms with E-state index in [4.69, 9.17) is 18.9 Å². The Morgan fingerprint density at radius 2 is 1.72 bits per heavy atom. The van der Waals surface area contributed by atoms with Crippen molar-refractivity contribution < 1.29 is 38.8 Å². The Labute approximate surface area is 239 Å². The Balaban J connectivity index is 0.000000394. The molecular weight excluding hydrogens is 669 g/mol. The zero-order valence-electron chi connectivity index (χ0n) is 22.3. The standard InChI is InChI=1S/C27H19N2O2.C5H8O2.Ir/c1-15-13-21-20-11-9-16(2)28-27(20)31-25(21)17(3)24(15)23-14-19-10-12-22(29-26(19)30-23)18-7-5-4-6-8-18;1-4(6)3-5(2)7;/h4-7,9-14H,1-3H3;3,6H,1-2H3;/q-1;;/b;4-3-;. The van der Waals surface area contributed by atoms with E-state index in [0.29, 0.717) is 11.4 Å². The fraction of sp³-hybridized carbons (Fsp3) is 0.156. The predicted octanol–water partition coefficient (Wildman–Crippen LogP) is 8.22. The molecule has 4 heterocycles. The number of pyridine rings is 2. The van der Waals surface area contributed by atoms with Crippen LogP contribution >= 0.6 is 0 Å². The first kappa shape index (κ1) is 28.0. The Hall–Kier alpha value is -4.06. The number of rotatable bonds is 3. The van der Waals surface area contributed by atoms with Crippen LogP contribution in [-0.2, 0) is 24.9 Å². The molecule has 4 aromatic heterocycles. The number of hydrogen-bond donors (Lipinski definition) is 1. The number of fused-ring (bicyclic) bond motifs is 4. The number of benzene rings is 2. The van der Waals surface area contributed by atoms with Crippen LogP contribution in [-0.4, -0.2) is 20.9 Å². The van der Waals surface area contributed by atoms with Crippen molar-refractivity contribution in [3.05, 3.63) is 95.4 Å². The summed E-state index contributed by atoms with van der Waals surface area (Å²) in [5.41, 5.74) is 8.07. The van der Waals surface area contributed by atoms with Gasteiger partial charge in [-0.05, 0) is 70.1 Å². The molecule has 1 N–H and O–H groups in total. The van der Waals surface area contributed by atoms with Crippen molar-refractivity contribution in [2.75, 3.05) is 0 Å². The van der Waals surface area contributed by atoms with Gasteiger partial charge in [0.2, 0.25) is 11.4 Å². The number of furan rings is 2. The van der Waals surface area contributed by atoms with E-state index in [2.05, 4.69) is 37.0 Å². The topological polar surface area (TPSA) is 89.4 Å². The molecule has 0 aliphatic heterocycles. The zero-order chi connectivity index (χ0) is 27.0. The number of carbonyl (C=O) groups is 1. The molecule has 0 spiro atoms. The fourth-order valence-corrected chi connectivity index (χ4v) is 4.63. The molecule has 0 aliphatic carbocycles. The first-order chi connectivity index (χ1) is 18.2. The minimum Gasteiger partial charge on any atom is -0.512 e. The molecule has 2 aromatic carbocycles. The summed E-state index contributed by atoms with van der Waals surface area (Å²) in [6, 6.07) is 23.4. The maximum absolute atomic E-state index is 10.0. The number of aliphatic hydroxyl groups excluding tert-OH is 1. The predicted molar refractivity (Wildman–Crippen MR) is 150 cm³/mol. The van der Waals surface area contributed by atoms with Crippen molar-refractivity contribution in [2.24, 2.45) is 0 Å². The smallest absolute Gasteiger partial charge is 0.227 e. The van der Waals surface area contributed by atoms with Gasteiger partial charge in [-0.1, -0.05) is 12.1 Å². The first-order valence-electron chi connectivity index (χ1n) is 12.3. The van der Waals surface area contributed by atoms with E-state index in [9.17, 15) is 4.79 Å². The molecule has 0 fully saturated rings. The minimum absolute atomic E-state index is 0. The maximum atomic E-state index is 10.0. The molecule has 0 aliphatic rings. The largest absolute Gasteiger partial charge is 0.512 e. The Bertz CT molecular complexity index is 1850. The second-order valence-corrected chi connectivity index (χ2v) is 9.35. The molecule has 1 radical (unpaired) electrons. The summed E-state index contributed by atoms with van der Waals surface area (Å²) in [6.07, 6.45) is 1.17. The van der Waals surface area contributed by atoms with Crippen LogP contribution < -0.4 is 0 Å². The number of allylic oxidation sites excluding steroid dienone is 2. The van der Waals surface area contributed by atoms with E-state index in [1.807, 2.05) is 55.5 Å².